The van der Waals surface area contributed by atoms with Crippen molar-refractivity contribution in [3.05, 3.63) is 22.7 Å². The number of nitrogens with zero attached hydrogens (tertiary/aromatic N) is 1. The molecule has 0 aliphatic carbocycles. The molecule has 9 heteroatoms. The van der Waals surface area contributed by atoms with Crippen molar-refractivity contribution in [3.63, 3.8) is 0 Å². The normalized spacial score (nSPS) is 14.9. The van der Waals surface area contributed by atoms with Crippen molar-refractivity contribution in [1.29, 1.82) is 0 Å². The van der Waals surface area contributed by atoms with Gasteiger partial charge >= 0.3 is 5.97 Å². The van der Waals surface area contributed by atoms with E-state index in [0.717, 1.165) is 51.7 Å². The lowest BCUT2D eigenvalue weighted by Gasteiger charge is -2.32. The number of ether oxygens (including phenoxy) is 3. The van der Waals surface area contributed by atoms with Crippen LogP contribution >= 0.6 is 11.6 Å². The number of anilines is 1. The fourth-order valence-electron chi connectivity index (χ4n) is 3.57. The number of likely N-dealkylation sites (tertiary alicyclic amines) is 1. The molecule has 1 aromatic carbocycles. The average molecular weight is 456 g/mol. The summed E-state index contributed by atoms with van der Waals surface area (Å²) in [5, 5.41) is 3.42. The first-order valence-electron chi connectivity index (χ1n) is 10.8. The van der Waals surface area contributed by atoms with Gasteiger partial charge in [0.25, 0.3) is 5.91 Å². The molecule has 0 spiro atoms. The molecule has 1 aliphatic heterocycles. The minimum atomic E-state index is -0.199. The summed E-state index contributed by atoms with van der Waals surface area (Å²) in [6.07, 6.45) is 5.11. The Morgan fingerprint density at radius 2 is 1.90 bits per heavy atom. The maximum Gasteiger partial charge on any atom is 0.305 e. The van der Waals surface area contributed by atoms with Crippen LogP contribution in [0.1, 0.15) is 48.9 Å². The van der Waals surface area contributed by atoms with E-state index in [1.54, 1.807) is 19.2 Å². The average Bonchev–Trinajstić information content (AvgIpc) is 2.76. The molecule has 1 aromatic rings. The topological polar surface area (TPSA) is 103 Å². The van der Waals surface area contributed by atoms with Gasteiger partial charge < -0.3 is 30.2 Å². The molecule has 0 saturated carbocycles. The number of esters is 1. The number of hydrogen-bond donors (Lipinski definition) is 2. The van der Waals surface area contributed by atoms with Gasteiger partial charge in [0.1, 0.15) is 12.4 Å². The fraction of sp³-hybridized carbons (Fsp3) is 0.636. The predicted molar refractivity (Wildman–Crippen MR) is 121 cm³/mol. The van der Waals surface area contributed by atoms with E-state index in [2.05, 4.69) is 10.2 Å². The van der Waals surface area contributed by atoms with Gasteiger partial charge in [0.05, 0.1) is 30.0 Å². The number of nitrogens with two attached hydrogens (primary N) is 1. The summed E-state index contributed by atoms with van der Waals surface area (Å²) in [6, 6.07) is 3.24. The van der Waals surface area contributed by atoms with Crippen LogP contribution in [0.25, 0.3) is 0 Å². The molecule has 1 saturated heterocycles. The molecule has 31 heavy (non-hydrogen) atoms. The highest BCUT2D eigenvalue weighted by Crippen LogP contribution is 2.29. The SMILES string of the molecule is COCCOC(=O)CCCCCN1CCC(NC(=O)c2cc(Cl)c(N)cc2OC)CC1. The zero-order valence-corrected chi connectivity index (χ0v) is 19.2. The highest BCUT2D eigenvalue weighted by atomic mass is 35.5. The minimum Gasteiger partial charge on any atom is -0.496 e. The van der Waals surface area contributed by atoms with Crippen LogP contribution in [-0.2, 0) is 14.3 Å². The molecule has 8 nitrogen and oxygen atoms in total. The summed E-state index contributed by atoms with van der Waals surface area (Å²) in [5.41, 5.74) is 6.56. The molecule has 0 aromatic heterocycles. The molecular weight excluding hydrogens is 422 g/mol. The summed E-state index contributed by atoms with van der Waals surface area (Å²) >= 11 is 6.07. The van der Waals surface area contributed by atoms with Crippen molar-refractivity contribution >= 4 is 29.2 Å². The smallest absolute Gasteiger partial charge is 0.305 e. The van der Waals surface area contributed by atoms with E-state index in [4.69, 9.17) is 31.5 Å². The minimum absolute atomic E-state index is 0.117. The number of carbonyl (C=O) groups excluding carboxylic acids is 2. The maximum atomic E-state index is 12.7. The maximum absolute atomic E-state index is 12.7. The van der Waals surface area contributed by atoms with Crippen LogP contribution in [0.5, 0.6) is 5.75 Å². The molecule has 0 bridgehead atoms. The predicted octanol–water partition coefficient (Wildman–Crippen LogP) is 2.88. The summed E-state index contributed by atoms with van der Waals surface area (Å²) in [7, 11) is 3.08. The van der Waals surface area contributed by atoms with Gasteiger partial charge in [-0.15, -0.1) is 0 Å². The van der Waals surface area contributed by atoms with Crippen molar-refractivity contribution < 1.29 is 23.8 Å². The first-order chi connectivity index (χ1) is 14.9. The molecule has 2 rings (SSSR count). The van der Waals surface area contributed by atoms with Gasteiger partial charge in [-0.2, -0.15) is 0 Å². The number of piperidine rings is 1. The van der Waals surface area contributed by atoms with Crippen LogP contribution in [0.15, 0.2) is 12.1 Å². The number of nitrogen functional groups attached to an aromatic ring is 1. The third-order valence-corrected chi connectivity index (χ3v) is 5.72. The van der Waals surface area contributed by atoms with E-state index in [-0.39, 0.29) is 17.9 Å². The number of unbranched alkanes of at least 4 members (excludes halogenated alkanes) is 2. The summed E-state index contributed by atoms with van der Waals surface area (Å²) in [4.78, 5) is 26.6. The molecule has 1 amide bonds. The van der Waals surface area contributed by atoms with Crippen LogP contribution in [0.3, 0.4) is 0 Å². The summed E-state index contributed by atoms with van der Waals surface area (Å²) in [5.74, 6) is 0.0571. The van der Waals surface area contributed by atoms with Crippen LogP contribution in [0.4, 0.5) is 5.69 Å². The number of methoxy groups -OCH3 is 2. The Balaban J connectivity index is 1.64. The monoisotopic (exact) mass is 455 g/mol. The molecule has 3 N–H and O–H groups in total. The van der Waals surface area contributed by atoms with E-state index in [0.29, 0.717) is 41.7 Å². The summed E-state index contributed by atoms with van der Waals surface area (Å²) in [6.45, 7) is 3.62. The Morgan fingerprint density at radius 3 is 2.58 bits per heavy atom. The van der Waals surface area contributed by atoms with Crippen LogP contribution in [0.2, 0.25) is 5.02 Å². The first kappa shape index (κ1) is 25.2. The fourth-order valence-corrected chi connectivity index (χ4v) is 3.74. The number of halogens is 1. The van der Waals surface area contributed by atoms with Gasteiger partial charge in [0, 0.05) is 38.7 Å². The third kappa shape index (κ3) is 8.55. The number of benzene rings is 1. The highest BCUT2D eigenvalue weighted by Gasteiger charge is 2.23. The van der Waals surface area contributed by atoms with Gasteiger partial charge in [-0.3, -0.25) is 9.59 Å². The lowest BCUT2D eigenvalue weighted by Crippen LogP contribution is -2.44. The van der Waals surface area contributed by atoms with Crippen molar-refractivity contribution in [1.82, 2.24) is 10.2 Å². The molecule has 0 unspecified atom stereocenters. The van der Waals surface area contributed by atoms with E-state index in [9.17, 15) is 9.59 Å². The second kappa shape index (κ2) is 13.4. The van der Waals surface area contributed by atoms with Crippen molar-refractivity contribution in [2.45, 2.75) is 44.6 Å². The quantitative estimate of drug-likeness (QED) is 0.284. The standard InChI is InChI=1S/C22H34ClN3O5/c1-29-12-13-31-21(27)6-4-3-5-9-26-10-7-16(8-11-26)25-22(28)17-14-18(23)19(24)15-20(17)30-2/h14-16H,3-13,24H2,1-2H3,(H,25,28). The highest BCUT2D eigenvalue weighted by molar-refractivity contribution is 6.33. The molecule has 0 atom stereocenters. The second-order valence-electron chi connectivity index (χ2n) is 7.69. The third-order valence-electron chi connectivity index (χ3n) is 5.39. The molecule has 1 fully saturated rings. The number of nitrogens with one attached hydrogen (secondary N) is 1. The van der Waals surface area contributed by atoms with Gasteiger partial charge in [0.15, 0.2) is 0 Å². The van der Waals surface area contributed by atoms with Crippen molar-refractivity contribution in [3.8, 4) is 5.75 Å². The Hall–Kier alpha value is -2.03. The Kier molecular flexibility index (Phi) is 10.9. The van der Waals surface area contributed by atoms with Crippen LogP contribution in [0, 0.1) is 0 Å². The largest absolute Gasteiger partial charge is 0.496 e. The van der Waals surface area contributed by atoms with Gasteiger partial charge in [-0.05, 0) is 38.3 Å². The molecular formula is C22H34ClN3O5. The van der Waals surface area contributed by atoms with Gasteiger partial charge in [0.2, 0.25) is 0 Å². The van der Waals surface area contributed by atoms with E-state index < -0.39 is 0 Å². The lowest BCUT2D eigenvalue weighted by molar-refractivity contribution is -0.145. The zero-order chi connectivity index (χ0) is 22.6. The number of rotatable bonds is 12. The zero-order valence-electron chi connectivity index (χ0n) is 18.5. The summed E-state index contributed by atoms with van der Waals surface area (Å²) < 4.78 is 15.2. The van der Waals surface area contributed by atoms with Crippen molar-refractivity contribution in [2.75, 3.05) is 52.8 Å². The number of carbonyl (C=O) groups is 2. The van der Waals surface area contributed by atoms with E-state index in [1.807, 2.05) is 0 Å². The Labute approximate surface area is 189 Å². The van der Waals surface area contributed by atoms with E-state index in [1.165, 1.54) is 7.11 Å². The number of amides is 1. The Bertz CT molecular complexity index is 723. The molecule has 1 heterocycles. The molecule has 174 valence electrons. The first-order valence-corrected chi connectivity index (χ1v) is 11.1. The van der Waals surface area contributed by atoms with Crippen LogP contribution < -0.4 is 15.8 Å². The van der Waals surface area contributed by atoms with Gasteiger partial charge in [-0.1, -0.05) is 18.0 Å². The van der Waals surface area contributed by atoms with E-state index >= 15 is 0 Å². The van der Waals surface area contributed by atoms with Gasteiger partial charge in [-0.25, -0.2) is 0 Å². The Morgan fingerprint density at radius 1 is 1.16 bits per heavy atom. The van der Waals surface area contributed by atoms with Crippen molar-refractivity contribution in [2.24, 2.45) is 0 Å². The lowest BCUT2D eigenvalue weighted by atomic mass is 10.0. The molecule has 0 radical (unpaired) electrons. The number of hydrogen-bond acceptors (Lipinski definition) is 7. The second-order valence-corrected chi connectivity index (χ2v) is 8.09. The van der Waals surface area contributed by atoms with Crippen LogP contribution in [-0.4, -0.2) is 69.9 Å². The molecule has 1 aliphatic rings.